The SMILES string of the molecule is COc1ccc(NC(=O)Cn2cnc(CN)n2)cc1. The number of benzene rings is 1. The maximum atomic E-state index is 11.8. The smallest absolute Gasteiger partial charge is 0.246 e. The zero-order valence-corrected chi connectivity index (χ0v) is 10.5. The van der Waals surface area contributed by atoms with Gasteiger partial charge in [-0.3, -0.25) is 4.79 Å². The van der Waals surface area contributed by atoms with Crippen LogP contribution in [0.25, 0.3) is 0 Å². The second kappa shape index (κ2) is 5.96. The van der Waals surface area contributed by atoms with Gasteiger partial charge >= 0.3 is 0 Å². The molecule has 0 aliphatic rings. The number of nitrogens with zero attached hydrogens (tertiary/aromatic N) is 3. The van der Waals surface area contributed by atoms with Gasteiger partial charge in [-0.05, 0) is 24.3 Å². The monoisotopic (exact) mass is 261 g/mol. The van der Waals surface area contributed by atoms with Crippen LogP contribution in [0, 0.1) is 0 Å². The third-order valence-electron chi connectivity index (χ3n) is 2.45. The number of hydrogen-bond donors (Lipinski definition) is 2. The van der Waals surface area contributed by atoms with E-state index in [-0.39, 0.29) is 19.0 Å². The Hall–Kier alpha value is -2.41. The van der Waals surface area contributed by atoms with Gasteiger partial charge in [-0.1, -0.05) is 0 Å². The Balaban J connectivity index is 1.93. The number of amides is 1. The van der Waals surface area contributed by atoms with E-state index in [0.29, 0.717) is 11.5 Å². The zero-order valence-electron chi connectivity index (χ0n) is 10.5. The number of methoxy groups -OCH3 is 1. The molecule has 2 aromatic rings. The fraction of sp³-hybridized carbons (Fsp3) is 0.250. The maximum Gasteiger partial charge on any atom is 0.246 e. The first-order valence-electron chi connectivity index (χ1n) is 5.73. The lowest BCUT2D eigenvalue weighted by Gasteiger charge is -2.06. The second-order valence-electron chi connectivity index (χ2n) is 3.84. The minimum atomic E-state index is -0.182. The predicted molar refractivity (Wildman–Crippen MR) is 69.5 cm³/mol. The summed E-state index contributed by atoms with van der Waals surface area (Å²) in [6, 6.07) is 7.09. The molecule has 0 bridgehead atoms. The van der Waals surface area contributed by atoms with Gasteiger partial charge in [0.25, 0.3) is 0 Å². The number of nitrogens with two attached hydrogens (primary N) is 1. The summed E-state index contributed by atoms with van der Waals surface area (Å²) in [5.74, 6) is 1.07. The van der Waals surface area contributed by atoms with Gasteiger partial charge in [0.1, 0.15) is 18.6 Å². The van der Waals surface area contributed by atoms with Crippen LogP contribution in [0.3, 0.4) is 0 Å². The molecule has 0 spiro atoms. The highest BCUT2D eigenvalue weighted by Gasteiger charge is 2.06. The van der Waals surface area contributed by atoms with Crippen LogP contribution in [0.2, 0.25) is 0 Å². The highest BCUT2D eigenvalue weighted by atomic mass is 16.5. The van der Waals surface area contributed by atoms with Crippen molar-refractivity contribution in [2.45, 2.75) is 13.1 Å². The van der Waals surface area contributed by atoms with E-state index in [4.69, 9.17) is 10.5 Å². The van der Waals surface area contributed by atoms with Gasteiger partial charge in [0, 0.05) is 5.69 Å². The van der Waals surface area contributed by atoms with Crippen molar-refractivity contribution in [1.82, 2.24) is 14.8 Å². The highest BCUT2D eigenvalue weighted by Crippen LogP contribution is 2.14. The highest BCUT2D eigenvalue weighted by molar-refractivity contribution is 5.90. The molecule has 0 saturated heterocycles. The molecule has 1 heterocycles. The van der Waals surface area contributed by atoms with Crippen molar-refractivity contribution in [3.05, 3.63) is 36.4 Å². The number of carbonyl (C=O) groups excluding carboxylic acids is 1. The van der Waals surface area contributed by atoms with E-state index in [2.05, 4.69) is 15.4 Å². The van der Waals surface area contributed by atoms with Gasteiger partial charge in [0.2, 0.25) is 5.91 Å². The van der Waals surface area contributed by atoms with Crippen molar-refractivity contribution in [2.75, 3.05) is 12.4 Å². The molecule has 1 amide bonds. The van der Waals surface area contributed by atoms with Gasteiger partial charge in [-0.2, -0.15) is 5.10 Å². The molecule has 2 rings (SSSR count). The lowest BCUT2D eigenvalue weighted by molar-refractivity contribution is -0.116. The van der Waals surface area contributed by atoms with Crippen molar-refractivity contribution in [3.8, 4) is 5.75 Å². The Morgan fingerprint density at radius 1 is 1.42 bits per heavy atom. The van der Waals surface area contributed by atoms with E-state index in [1.807, 2.05) is 0 Å². The molecule has 3 N–H and O–H groups in total. The Morgan fingerprint density at radius 3 is 2.74 bits per heavy atom. The maximum absolute atomic E-state index is 11.8. The number of carbonyl (C=O) groups is 1. The van der Waals surface area contributed by atoms with Crippen LogP contribution >= 0.6 is 0 Å². The van der Waals surface area contributed by atoms with Crippen LogP contribution in [0.1, 0.15) is 5.82 Å². The summed E-state index contributed by atoms with van der Waals surface area (Å²) in [7, 11) is 1.59. The average molecular weight is 261 g/mol. The molecule has 1 aromatic heterocycles. The molecule has 1 aromatic carbocycles. The number of ether oxygens (including phenoxy) is 1. The molecule has 100 valence electrons. The molecule has 0 saturated carbocycles. The summed E-state index contributed by atoms with van der Waals surface area (Å²) in [5.41, 5.74) is 6.09. The summed E-state index contributed by atoms with van der Waals surface area (Å²) in [5, 5.41) is 6.79. The van der Waals surface area contributed by atoms with Crippen molar-refractivity contribution < 1.29 is 9.53 Å². The Morgan fingerprint density at radius 2 is 2.16 bits per heavy atom. The molecule has 19 heavy (non-hydrogen) atoms. The largest absolute Gasteiger partial charge is 0.497 e. The standard InChI is InChI=1S/C12H15N5O2/c1-19-10-4-2-9(3-5-10)15-12(18)7-17-8-14-11(6-13)16-17/h2-5,8H,6-7,13H2,1H3,(H,15,18). The average Bonchev–Trinajstić information content (AvgIpc) is 2.87. The van der Waals surface area contributed by atoms with Crippen LogP contribution in [0.5, 0.6) is 5.75 Å². The second-order valence-corrected chi connectivity index (χ2v) is 3.84. The van der Waals surface area contributed by atoms with E-state index in [1.54, 1.807) is 31.4 Å². The topological polar surface area (TPSA) is 95.1 Å². The molecule has 0 fully saturated rings. The molecule has 7 heteroatoms. The summed E-state index contributed by atoms with van der Waals surface area (Å²) in [4.78, 5) is 15.7. The first-order valence-corrected chi connectivity index (χ1v) is 5.73. The van der Waals surface area contributed by atoms with Crippen LogP contribution in [0.15, 0.2) is 30.6 Å². The molecule has 0 aliphatic carbocycles. The fourth-order valence-electron chi connectivity index (χ4n) is 1.52. The Bertz CT molecular complexity index is 550. The number of rotatable bonds is 5. The fourth-order valence-corrected chi connectivity index (χ4v) is 1.52. The van der Waals surface area contributed by atoms with E-state index >= 15 is 0 Å². The van der Waals surface area contributed by atoms with Crippen LogP contribution in [0.4, 0.5) is 5.69 Å². The summed E-state index contributed by atoms with van der Waals surface area (Å²) >= 11 is 0. The number of aromatic nitrogens is 3. The van der Waals surface area contributed by atoms with Gasteiger partial charge in [0.05, 0.1) is 13.7 Å². The molecule has 0 atom stereocenters. The predicted octanol–water partition coefficient (Wildman–Crippen LogP) is 0.384. The summed E-state index contributed by atoms with van der Waals surface area (Å²) in [6.45, 7) is 0.353. The van der Waals surface area contributed by atoms with Crippen LogP contribution in [-0.4, -0.2) is 27.8 Å². The van der Waals surface area contributed by atoms with Crippen molar-refractivity contribution in [3.63, 3.8) is 0 Å². The number of hydrogen-bond acceptors (Lipinski definition) is 5. The third kappa shape index (κ3) is 3.52. The molecule has 0 aliphatic heterocycles. The van der Waals surface area contributed by atoms with Gasteiger partial charge in [0.15, 0.2) is 5.82 Å². The molecule has 0 unspecified atom stereocenters. The molecule has 7 nitrogen and oxygen atoms in total. The minimum absolute atomic E-state index is 0.0963. The van der Waals surface area contributed by atoms with E-state index in [9.17, 15) is 4.79 Å². The summed E-state index contributed by atoms with van der Waals surface area (Å²) < 4.78 is 6.48. The number of anilines is 1. The molecular formula is C12H15N5O2. The van der Waals surface area contributed by atoms with Crippen molar-refractivity contribution in [1.29, 1.82) is 0 Å². The zero-order chi connectivity index (χ0) is 13.7. The van der Waals surface area contributed by atoms with E-state index in [0.717, 1.165) is 5.75 Å². The van der Waals surface area contributed by atoms with Crippen molar-refractivity contribution in [2.24, 2.45) is 5.73 Å². The quantitative estimate of drug-likeness (QED) is 0.811. The first-order chi connectivity index (χ1) is 9.21. The lowest BCUT2D eigenvalue weighted by Crippen LogP contribution is -2.19. The third-order valence-corrected chi connectivity index (χ3v) is 2.45. The Labute approximate surface area is 110 Å². The van der Waals surface area contributed by atoms with Gasteiger partial charge in [-0.25, -0.2) is 9.67 Å². The number of nitrogens with one attached hydrogen (secondary N) is 1. The van der Waals surface area contributed by atoms with Crippen molar-refractivity contribution >= 4 is 11.6 Å². The molecule has 0 radical (unpaired) electrons. The normalized spacial score (nSPS) is 10.2. The first kappa shape index (κ1) is 13.0. The van der Waals surface area contributed by atoms with Gasteiger partial charge < -0.3 is 15.8 Å². The van der Waals surface area contributed by atoms with Gasteiger partial charge in [-0.15, -0.1) is 0 Å². The minimum Gasteiger partial charge on any atom is -0.497 e. The summed E-state index contributed by atoms with van der Waals surface area (Å²) in [6.07, 6.45) is 1.48. The van der Waals surface area contributed by atoms with E-state index < -0.39 is 0 Å². The molecular weight excluding hydrogens is 246 g/mol. The van der Waals surface area contributed by atoms with Crippen LogP contribution in [-0.2, 0) is 17.9 Å². The Kier molecular flexibility index (Phi) is 4.09. The van der Waals surface area contributed by atoms with Crippen LogP contribution < -0.4 is 15.8 Å². The van der Waals surface area contributed by atoms with E-state index in [1.165, 1.54) is 11.0 Å². The lowest BCUT2D eigenvalue weighted by atomic mass is 10.3.